The van der Waals surface area contributed by atoms with Gasteiger partial charge in [0.1, 0.15) is 18.7 Å². The van der Waals surface area contributed by atoms with Gasteiger partial charge >= 0.3 is 0 Å². The number of likely N-dealkylation sites (tertiary alicyclic amines) is 1. The number of ether oxygens (including phenoxy) is 1. The van der Waals surface area contributed by atoms with Gasteiger partial charge in [-0.25, -0.2) is 4.98 Å². The molecule has 1 fully saturated rings. The summed E-state index contributed by atoms with van der Waals surface area (Å²) in [5.41, 5.74) is 1.36. The number of hydrogen-bond donors (Lipinski definition) is 2. The van der Waals surface area contributed by atoms with E-state index in [2.05, 4.69) is 20.5 Å². The van der Waals surface area contributed by atoms with Crippen molar-refractivity contribution in [3.05, 3.63) is 60.3 Å². The minimum absolute atomic E-state index is 0.0510. The van der Waals surface area contributed by atoms with Crippen molar-refractivity contribution in [3.8, 4) is 11.4 Å². The molecule has 1 aliphatic heterocycles. The maximum Gasteiger partial charge on any atom is 0.257 e. The first-order chi connectivity index (χ1) is 14.2. The molecule has 2 atom stereocenters. The van der Waals surface area contributed by atoms with Crippen LogP contribution in [0.15, 0.2) is 53.3 Å². The molecule has 9 heteroatoms. The van der Waals surface area contributed by atoms with Crippen molar-refractivity contribution in [3.63, 3.8) is 0 Å². The summed E-state index contributed by atoms with van der Waals surface area (Å²) in [6.07, 6.45) is 2.87. The molecule has 0 saturated carbocycles. The third-order valence-corrected chi connectivity index (χ3v) is 4.88. The van der Waals surface area contributed by atoms with Crippen LogP contribution >= 0.6 is 0 Å². The Bertz CT molecular complexity index is 970. The van der Waals surface area contributed by atoms with E-state index in [9.17, 15) is 9.59 Å². The number of furan rings is 1. The first-order valence-corrected chi connectivity index (χ1v) is 9.23. The van der Waals surface area contributed by atoms with Crippen LogP contribution in [0.25, 0.3) is 11.4 Å². The van der Waals surface area contributed by atoms with Gasteiger partial charge in [-0.2, -0.15) is 5.10 Å². The molecule has 0 bridgehead atoms. The Morgan fingerprint density at radius 1 is 1.28 bits per heavy atom. The fraction of sp³-hybridized carbons (Fsp3) is 0.300. The molecule has 3 aromatic rings. The summed E-state index contributed by atoms with van der Waals surface area (Å²) >= 11 is 0. The molecule has 9 nitrogen and oxygen atoms in total. The first kappa shape index (κ1) is 18.9. The van der Waals surface area contributed by atoms with Crippen molar-refractivity contribution in [2.75, 3.05) is 26.8 Å². The Kier molecular flexibility index (Phi) is 5.39. The number of carbonyl (C=O) groups excluding carboxylic acids is 2. The molecule has 150 valence electrons. The molecule has 2 N–H and O–H groups in total. The van der Waals surface area contributed by atoms with Crippen LogP contribution in [0.1, 0.15) is 22.1 Å². The summed E-state index contributed by atoms with van der Waals surface area (Å²) in [6, 6.07) is 10.9. The maximum absolute atomic E-state index is 12.8. The Labute approximate surface area is 167 Å². The van der Waals surface area contributed by atoms with E-state index in [1.807, 2.05) is 30.3 Å². The maximum atomic E-state index is 12.8. The van der Waals surface area contributed by atoms with E-state index < -0.39 is 0 Å². The lowest BCUT2D eigenvalue weighted by molar-refractivity contribution is -0.125. The minimum Gasteiger partial charge on any atom is -0.472 e. The standard InChI is InChI=1S/C20H21N5O4/c1-28-12-17(26)21-16-10-25(20(27)14-7-8-29-11-14)9-15(16)19-22-18(23-24-19)13-5-3-2-4-6-13/h2-8,11,15-16H,9-10,12H2,1H3,(H,21,26)(H,22,23,24)/t15-,16-/m1/s1. The van der Waals surface area contributed by atoms with Gasteiger partial charge in [0.25, 0.3) is 5.91 Å². The van der Waals surface area contributed by atoms with Crippen LogP contribution in [0.5, 0.6) is 0 Å². The molecule has 2 aromatic heterocycles. The van der Waals surface area contributed by atoms with Crippen molar-refractivity contribution >= 4 is 11.8 Å². The highest BCUT2D eigenvalue weighted by atomic mass is 16.5. The number of hydrogen-bond acceptors (Lipinski definition) is 6. The second kappa shape index (κ2) is 8.27. The lowest BCUT2D eigenvalue weighted by atomic mass is 10.0. The smallest absolute Gasteiger partial charge is 0.257 e. The van der Waals surface area contributed by atoms with Crippen LogP contribution in [0.4, 0.5) is 0 Å². The number of nitrogens with one attached hydrogen (secondary N) is 2. The van der Waals surface area contributed by atoms with Crippen LogP contribution in [0.2, 0.25) is 0 Å². The van der Waals surface area contributed by atoms with Gasteiger partial charge in [0.15, 0.2) is 5.82 Å². The molecule has 4 rings (SSSR count). The lowest BCUT2D eigenvalue weighted by Gasteiger charge is -2.17. The SMILES string of the molecule is COCC(=O)N[C@@H]1CN(C(=O)c2ccoc2)C[C@H]1c1nc(-c2ccccc2)n[nH]1. The van der Waals surface area contributed by atoms with Crippen LogP contribution in [0, 0.1) is 0 Å². The van der Waals surface area contributed by atoms with Crippen molar-refractivity contribution in [2.24, 2.45) is 0 Å². The molecule has 0 unspecified atom stereocenters. The number of aromatic nitrogens is 3. The van der Waals surface area contributed by atoms with Gasteiger partial charge in [-0.05, 0) is 6.07 Å². The van der Waals surface area contributed by atoms with Gasteiger partial charge in [-0.3, -0.25) is 14.7 Å². The number of H-pyrrole nitrogens is 1. The average molecular weight is 395 g/mol. The number of aromatic amines is 1. The van der Waals surface area contributed by atoms with E-state index in [0.29, 0.717) is 30.3 Å². The van der Waals surface area contributed by atoms with Gasteiger partial charge in [0, 0.05) is 25.8 Å². The van der Waals surface area contributed by atoms with Gasteiger partial charge in [-0.15, -0.1) is 0 Å². The second-order valence-corrected chi connectivity index (χ2v) is 6.85. The van der Waals surface area contributed by atoms with Gasteiger partial charge in [0.2, 0.25) is 5.91 Å². The number of carbonyl (C=O) groups is 2. The summed E-state index contributed by atoms with van der Waals surface area (Å²) in [6.45, 7) is 0.696. The predicted molar refractivity (Wildman–Crippen MR) is 103 cm³/mol. The average Bonchev–Trinajstić information content (AvgIpc) is 3.48. The molecule has 0 radical (unpaired) electrons. The zero-order valence-electron chi connectivity index (χ0n) is 15.9. The summed E-state index contributed by atoms with van der Waals surface area (Å²) in [5, 5.41) is 10.2. The van der Waals surface area contributed by atoms with E-state index >= 15 is 0 Å². The highest BCUT2D eigenvalue weighted by molar-refractivity contribution is 5.94. The molecule has 0 aliphatic carbocycles. The highest BCUT2D eigenvalue weighted by Crippen LogP contribution is 2.28. The highest BCUT2D eigenvalue weighted by Gasteiger charge is 2.39. The zero-order valence-corrected chi connectivity index (χ0v) is 15.9. The third kappa shape index (κ3) is 4.04. The number of amides is 2. The fourth-order valence-electron chi connectivity index (χ4n) is 3.50. The van der Waals surface area contributed by atoms with Crippen LogP contribution in [-0.2, 0) is 9.53 Å². The number of nitrogens with zero attached hydrogens (tertiary/aromatic N) is 3. The molecular weight excluding hydrogens is 374 g/mol. The lowest BCUT2D eigenvalue weighted by Crippen LogP contribution is -2.42. The monoisotopic (exact) mass is 395 g/mol. The van der Waals surface area contributed by atoms with Gasteiger partial charge in [-0.1, -0.05) is 30.3 Å². The number of benzene rings is 1. The summed E-state index contributed by atoms with van der Waals surface area (Å²) in [4.78, 5) is 31.2. The molecule has 1 saturated heterocycles. The molecule has 1 aromatic carbocycles. The Morgan fingerprint density at radius 2 is 2.10 bits per heavy atom. The summed E-state index contributed by atoms with van der Waals surface area (Å²) < 4.78 is 9.93. The number of rotatable bonds is 6. The van der Waals surface area contributed by atoms with Crippen LogP contribution in [0.3, 0.4) is 0 Å². The quantitative estimate of drug-likeness (QED) is 0.653. The number of methoxy groups -OCH3 is 1. The van der Waals surface area contributed by atoms with E-state index in [1.165, 1.54) is 19.6 Å². The third-order valence-electron chi connectivity index (χ3n) is 4.88. The van der Waals surface area contributed by atoms with Crippen molar-refractivity contribution in [1.82, 2.24) is 25.4 Å². The Morgan fingerprint density at radius 3 is 2.83 bits per heavy atom. The predicted octanol–water partition coefficient (Wildman–Crippen LogP) is 1.44. The van der Waals surface area contributed by atoms with E-state index in [1.54, 1.807) is 11.0 Å². The van der Waals surface area contributed by atoms with E-state index in [0.717, 1.165) is 5.56 Å². The molecular formula is C20H21N5O4. The van der Waals surface area contributed by atoms with Crippen molar-refractivity contribution < 1.29 is 18.7 Å². The summed E-state index contributed by atoms with van der Waals surface area (Å²) in [5.74, 6) is 0.561. The topological polar surface area (TPSA) is 113 Å². The van der Waals surface area contributed by atoms with Gasteiger partial charge < -0.3 is 19.4 Å². The summed E-state index contributed by atoms with van der Waals surface area (Å²) in [7, 11) is 1.46. The molecule has 29 heavy (non-hydrogen) atoms. The minimum atomic E-state index is -0.315. The normalized spacial score (nSPS) is 18.7. The zero-order chi connectivity index (χ0) is 20.2. The Balaban J connectivity index is 1.57. The molecule has 1 aliphatic rings. The first-order valence-electron chi connectivity index (χ1n) is 9.23. The molecule has 0 spiro atoms. The van der Waals surface area contributed by atoms with E-state index in [-0.39, 0.29) is 30.4 Å². The van der Waals surface area contributed by atoms with Crippen molar-refractivity contribution in [2.45, 2.75) is 12.0 Å². The molecule has 2 amide bonds. The Hall–Kier alpha value is -3.46. The van der Waals surface area contributed by atoms with Gasteiger partial charge in [0.05, 0.1) is 23.8 Å². The fourth-order valence-corrected chi connectivity index (χ4v) is 3.50. The molecule has 3 heterocycles. The second-order valence-electron chi connectivity index (χ2n) is 6.85. The van der Waals surface area contributed by atoms with Crippen molar-refractivity contribution in [1.29, 1.82) is 0 Å². The van der Waals surface area contributed by atoms with E-state index in [4.69, 9.17) is 9.15 Å². The largest absolute Gasteiger partial charge is 0.472 e. The van der Waals surface area contributed by atoms with Crippen LogP contribution in [-0.4, -0.2) is 64.7 Å². The van der Waals surface area contributed by atoms with Crippen LogP contribution < -0.4 is 5.32 Å².